The van der Waals surface area contributed by atoms with Gasteiger partial charge in [-0.1, -0.05) is 0 Å². The number of halogens is 2. The number of hydrogen-bond donors (Lipinski definition) is 0. The van der Waals surface area contributed by atoms with Gasteiger partial charge in [0.25, 0.3) is 0 Å². The molecule has 4 fully saturated rings. The molecule has 0 N–H and O–H groups in total. The van der Waals surface area contributed by atoms with Gasteiger partial charge in [0.2, 0.25) is 0 Å². The minimum absolute atomic E-state index is 0.380. The molecule has 0 heterocycles. The van der Waals surface area contributed by atoms with E-state index in [0.717, 1.165) is 23.7 Å². The van der Waals surface area contributed by atoms with Gasteiger partial charge >= 0.3 is 0 Å². The highest BCUT2D eigenvalue weighted by atomic mass is 35.5. The molecule has 4 rings (SSSR count). The Kier molecular flexibility index (Phi) is 0.907. The van der Waals surface area contributed by atoms with Crippen molar-refractivity contribution in [1.82, 2.24) is 0 Å². The van der Waals surface area contributed by atoms with Crippen LogP contribution in [0.5, 0.6) is 0 Å². The summed E-state index contributed by atoms with van der Waals surface area (Å²) in [5, 5.41) is 0. The van der Waals surface area contributed by atoms with E-state index in [0.29, 0.717) is 17.9 Å². The van der Waals surface area contributed by atoms with E-state index in [4.69, 9.17) is 27.9 Å². The van der Waals surface area contributed by atoms with Crippen LogP contribution in [-0.2, 0) is 4.74 Å². The molecule has 4 aliphatic rings. The summed E-state index contributed by atoms with van der Waals surface area (Å²) in [6.07, 6.45) is 0.380. The van der Waals surface area contributed by atoms with Crippen LogP contribution >= 0.6 is 23.2 Å². The third-order valence-corrected chi connectivity index (χ3v) is 5.54. The second-order valence-electron chi connectivity index (χ2n) is 4.74. The highest BCUT2D eigenvalue weighted by Gasteiger charge is 2.91. The van der Waals surface area contributed by atoms with Crippen molar-refractivity contribution < 1.29 is 4.74 Å². The maximum atomic E-state index is 6.21. The first kappa shape index (κ1) is 6.92. The predicted octanol–water partition coefficient (Wildman–Crippen LogP) is 1.93. The van der Waals surface area contributed by atoms with E-state index in [9.17, 15) is 0 Å². The molecule has 5 atom stereocenters. The van der Waals surface area contributed by atoms with Crippen LogP contribution < -0.4 is 0 Å². The highest BCUT2D eigenvalue weighted by molar-refractivity contribution is 6.51. The molecular formula is C9H10Cl2O. The van der Waals surface area contributed by atoms with Crippen LogP contribution in [0.2, 0.25) is 0 Å². The monoisotopic (exact) mass is 204 g/mol. The van der Waals surface area contributed by atoms with Crippen molar-refractivity contribution >= 4 is 23.2 Å². The number of fused-ring (bicyclic) bond motifs is 4. The Hall–Kier alpha value is 0.540. The van der Waals surface area contributed by atoms with Crippen LogP contribution in [0.3, 0.4) is 0 Å². The van der Waals surface area contributed by atoms with Gasteiger partial charge in [-0.05, 0) is 23.7 Å². The minimum Gasteiger partial charge on any atom is -0.381 e. The van der Waals surface area contributed by atoms with Crippen molar-refractivity contribution in [3.63, 3.8) is 0 Å². The molecule has 0 radical (unpaired) electrons. The van der Waals surface area contributed by atoms with Gasteiger partial charge < -0.3 is 4.74 Å². The largest absolute Gasteiger partial charge is 0.381 e. The Morgan fingerprint density at radius 2 is 1.67 bits per heavy atom. The lowest BCUT2D eigenvalue weighted by Crippen LogP contribution is -2.30. The standard InChI is InChI=1S/C9H10Cl2O/c1-12-8-5-2-3(5)4(2)6-7(8)9(6,10)11/h2-8H,1H3. The minimum atomic E-state index is -0.427. The average molecular weight is 205 g/mol. The van der Waals surface area contributed by atoms with Gasteiger partial charge in [0.15, 0.2) is 0 Å². The SMILES string of the molecule is COC1C2C3C2C3C2C1C2(Cl)Cl. The van der Waals surface area contributed by atoms with Gasteiger partial charge in [-0.2, -0.15) is 0 Å². The number of ether oxygens (including phenoxy) is 1. The second-order valence-corrected chi connectivity index (χ2v) is 6.18. The Morgan fingerprint density at radius 1 is 1.00 bits per heavy atom. The van der Waals surface area contributed by atoms with Crippen molar-refractivity contribution in [2.75, 3.05) is 7.11 Å². The van der Waals surface area contributed by atoms with E-state index in [2.05, 4.69) is 0 Å². The molecule has 0 spiro atoms. The topological polar surface area (TPSA) is 9.23 Å². The van der Waals surface area contributed by atoms with E-state index in [1.807, 2.05) is 0 Å². The maximum Gasteiger partial charge on any atom is 0.127 e. The second kappa shape index (κ2) is 1.57. The summed E-state index contributed by atoms with van der Waals surface area (Å²) in [6, 6.07) is 0. The van der Waals surface area contributed by atoms with E-state index < -0.39 is 4.33 Å². The molecule has 4 aliphatic carbocycles. The summed E-state index contributed by atoms with van der Waals surface area (Å²) in [5.41, 5.74) is 0. The molecule has 0 saturated heterocycles. The van der Waals surface area contributed by atoms with Crippen molar-refractivity contribution in [2.45, 2.75) is 10.4 Å². The summed E-state index contributed by atoms with van der Waals surface area (Å²) in [6.45, 7) is 0. The number of methoxy groups -OCH3 is 1. The zero-order valence-corrected chi connectivity index (χ0v) is 8.22. The van der Waals surface area contributed by atoms with Crippen LogP contribution in [0.1, 0.15) is 0 Å². The fourth-order valence-electron chi connectivity index (χ4n) is 3.89. The Morgan fingerprint density at radius 3 is 2.25 bits per heavy atom. The van der Waals surface area contributed by atoms with E-state index >= 15 is 0 Å². The number of hydrogen-bond acceptors (Lipinski definition) is 1. The number of alkyl halides is 2. The lowest BCUT2D eigenvalue weighted by atomic mass is 9.86. The fourth-order valence-corrected chi connectivity index (χ4v) is 4.85. The smallest absolute Gasteiger partial charge is 0.127 e. The van der Waals surface area contributed by atoms with Crippen molar-refractivity contribution in [1.29, 1.82) is 0 Å². The van der Waals surface area contributed by atoms with Gasteiger partial charge in [-0.25, -0.2) is 0 Å². The van der Waals surface area contributed by atoms with Gasteiger partial charge in [-0.15, -0.1) is 23.2 Å². The fraction of sp³-hybridized carbons (Fsp3) is 1.00. The first-order chi connectivity index (χ1) is 5.69. The predicted molar refractivity (Wildman–Crippen MR) is 46.2 cm³/mol. The first-order valence-corrected chi connectivity index (χ1v) is 5.36. The zero-order valence-electron chi connectivity index (χ0n) is 6.71. The van der Waals surface area contributed by atoms with E-state index in [1.165, 1.54) is 0 Å². The highest BCUT2D eigenvalue weighted by Crippen LogP contribution is 2.90. The van der Waals surface area contributed by atoms with Crippen LogP contribution in [0.15, 0.2) is 0 Å². The zero-order chi connectivity index (χ0) is 8.25. The average Bonchev–Trinajstić information content (AvgIpc) is 2.89. The molecule has 0 amide bonds. The van der Waals surface area contributed by atoms with Crippen molar-refractivity contribution in [3.8, 4) is 0 Å². The van der Waals surface area contributed by atoms with Gasteiger partial charge in [-0.3, -0.25) is 0 Å². The maximum absolute atomic E-state index is 6.21. The lowest BCUT2D eigenvalue weighted by molar-refractivity contribution is 0.0154. The molecule has 5 unspecified atom stereocenters. The lowest BCUT2D eigenvalue weighted by Gasteiger charge is -2.26. The molecule has 0 aromatic carbocycles. The molecule has 3 heteroatoms. The summed E-state index contributed by atoms with van der Waals surface area (Å²) in [7, 11) is 1.79. The van der Waals surface area contributed by atoms with Crippen LogP contribution in [0, 0.1) is 35.5 Å². The van der Waals surface area contributed by atoms with Crippen LogP contribution in [0.4, 0.5) is 0 Å². The van der Waals surface area contributed by atoms with Gasteiger partial charge in [0, 0.05) is 18.9 Å². The van der Waals surface area contributed by atoms with E-state index in [-0.39, 0.29) is 0 Å². The van der Waals surface area contributed by atoms with Crippen molar-refractivity contribution in [3.05, 3.63) is 0 Å². The van der Waals surface area contributed by atoms with E-state index in [1.54, 1.807) is 7.11 Å². The third-order valence-electron chi connectivity index (χ3n) is 4.53. The molecule has 0 aliphatic heterocycles. The third kappa shape index (κ3) is 0.484. The van der Waals surface area contributed by atoms with Crippen molar-refractivity contribution in [2.24, 2.45) is 35.5 Å². The molecule has 1 nitrogen and oxygen atoms in total. The molecule has 4 saturated carbocycles. The normalized spacial score (nSPS) is 72.8. The summed E-state index contributed by atoms with van der Waals surface area (Å²) < 4.78 is 5.06. The number of rotatable bonds is 1. The molecule has 0 aromatic rings. The quantitative estimate of drug-likeness (QED) is 0.594. The molecule has 12 heavy (non-hydrogen) atoms. The Labute approximate surface area is 81.4 Å². The van der Waals surface area contributed by atoms with Gasteiger partial charge in [0.1, 0.15) is 4.33 Å². The Balaban J connectivity index is 1.73. The first-order valence-electron chi connectivity index (χ1n) is 4.60. The summed E-state index contributed by atoms with van der Waals surface area (Å²) in [5.74, 6) is 4.66. The van der Waals surface area contributed by atoms with Gasteiger partial charge in [0.05, 0.1) is 6.10 Å². The van der Waals surface area contributed by atoms with Crippen LogP contribution in [0.25, 0.3) is 0 Å². The molecule has 0 aromatic heterocycles. The molecule has 0 bridgehead atoms. The summed E-state index contributed by atoms with van der Waals surface area (Å²) >= 11 is 12.4. The van der Waals surface area contributed by atoms with Crippen LogP contribution in [-0.4, -0.2) is 17.5 Å². The molecular weight excluding hydrogens is 195 g/mol. The Bertz CT molecular complexity index is 268. The summed E-state index contributed by atoms with van der Waals surface area (Å²) in [4.78, 5) is 0. The molecule has 66 valence electrons.